The maximum atomic E-state index is 10.5. The van der Waals surface area contributed by atoms with Gasteiger partial charge in [0.2, 0.25) is 0 Å². The minimum absolute atomic E-state index is 0.164. The predicted molar refractivity (Wildman–Crippen MR) is 41.3 cm³/mol. The minimum atomic E-state index is -0.765. The molecule has 1 fully saturated rings. The van der Waals surface area contributed by atoms with Gasteiger partial charge in [-0.2, -0.15) is 0 Å². The topological polar surface area (TPSA) is 66.6 Å². The van der Waals surface area contributed by atoms with Gasteiger partial charge in [0, 0.05) is 19.1 Å². The van der Waals surface area contributed by atoms with Gasteiger partial charge in [-0.25, -0.2) is 0 Å². The molecular weight excluding hydrogens is 144 g/mol. The standard InChI is InChI=1S/C7H14N2O2/c1-5(7(10)11)9-3-2-6(8)4-9/h5-6H,2-4,8H2,1H3,(H,10,11)/t5?,6-/m1/s1. The summed E-state index contributed by atoms with van der Waals surface area (Å²) in [6, 6.07) is -0.222. The average Bonchev–Trinajstić information content (AvgIpc) is 2.34. The third kappa shape index (κ3) is 1.91. The molecule has 0 aromatic heterocycles. The molecule has 1 saturated heterocycles. The van der Waals surface area contributed by atoms with E-state index in [-0.39, 0.29) is 12.1 Å². The second-order valence-electron chi connectivity index (χ2n) is 3.06. The molecule has 0 saturated carbocycles. The molecule has 0 spiro atoms. The zero-order valence-corrected chi connectivity index (χ0v) is 6.66. The van der Waals surface area contributed by atoms with Gasteiger partial charge in [-0.1, -0.05) is 0 Å². The van der Waals surface area contributed by atoms with Crippen molar-refractivity contribution in [3.05, 3.63) is 0 Å². The highest BCUT2D eigenvalue weighted by Gasteiger charge is 2.26. The zero-order chi connectivity index (χ0) is 8.43. The van der Waals surface area contributed by atoms with E-state index in [1.54, 1.807) is 6.92 Å². The highest BCUT2D eigenvalue weighted by Crippen LogP contribution is 2.10. The fourth-order valence-corrected chi connectivity index (χ4v) is 1.32. The Balaban J connectivity index is 2.43. The Bertz CT molecular complexity index is 161. The number of carboxylic acid groups (broad SMARTS) is 1. The molecule has 1 aliphatic rings. The molecule has 3 N–H and O–H groups in total. The first kappa shape index (κ1) is 8.49. The summed E-state index contributed by atoms with van der Waals surface area (Å²) in [4.78, 5) is 12.4. The molecule has 0 aliphatic carbocycles. The highest BCUT2D eigenvalue weighted by atomic mass is 16.4. The summed E-state index contributed by atoms with van der Waals surface area (Å²) in [6.07, 6.45) is 0.914. The summed E-state index contributed by atoms with van der Waals surface area (Å²) in [5, 5.41) is 8.65. The molecule has 0 amide bonds. The van der Waals surface area contributed by atoms with Crippen molar-refractivity contribution in [2.75, 3.05) is 13.1 Å². The molecule has 1 unspecified atom stereocenters. The molecule has 1 heterocycles. The van der Waals surface area contributed by atoms with Crippen LogP contribution in [0.25, 0.3) is 0 Å². The van der Waals surface area contributed by atoms with Crippen molar-refractivity contribution in [2.45, 2.75) is 25.4 Å². The molecule has 64 valence electrons. The minimum Gasteiger partial charge on any atom is -0.480 e. The van der Waals surface area contributed by atoms with Crippen LogP contribution in [0.3, 0.4) is 0 Å². The first-order chi connectivity index (χ1) is 5.11. The van der Waals surface area contributed by atoms with Gasteiger partial charge in [0.25, 0.3) is 0 Å². The van der Waals surface area contributed by atoms with Gasteiger partial charge in [-0.3, -0.25) is 9.69 Å². The van der Waals surface area contributed by atoms with Gasteiger partial charge in [0.15, 0.2) is 0 Å². The Hall–Kier alpha value is -0.610. The summed E-state index contributed by atoms with van der Waals surface area (Å²) in [6.45, 7) is 3.22. The Labute approximate surface area is 66.0 Å². The molecule has 4 nitrogen and oxygen atoms in total. The monoisotopic (exact) mass is 158 g/mol. The zero-order valence-electron chi connectivity index (χ0n) is 6.66. The smallest absolute Gasteiger partial charge is 0.320 e. The van der Waals surface area contributed by atoms with Crippen molar-refractivity contribution < 1.29 is 9.90 Å². The fraction of sp³-hybridized carbons (Fsp3) is 0.857. The van der Waals surface area contributed by atoms with E-state index >= 15 is 0 Å². The second-order valence-corrected chi connectivity index (χ2v) is 3.06. The number of nitrogens with zero attached hydrogens (tertiary/aromatic N) is 1. The predicted octanol–water partition coefficient (Wildman–Crippen LogP) is -0.507. The van der Waals surface area contributed by atoms with Crippen LogP contribution in [0.2, 0.25) is 0 Å². The molecule has 0 aromatic carbocycles. The average molecular weight is 158 g/mol. The van der Waals surface area contributed by atoms with E-state index in [1.807, 2.05) is 4.90 Å². The van der Waals surface area contributed by atoms with Crippen LogP contribution in [0.1, 0.15) is 13.3 Å². The van der Waals surface area contributed by atoms with E-state index in [4.69, 9.17) is 10.8 Å². The highest BCUT2D eigenvalue weighted by molar-refractivity contribution is 5.72. The summed E-state index contributed by atoms with van der Waals surface area (Å²) in [5.41, 5.74) is 5.63. The van der Waals surface area contributed by atoms with Crippen molar-refractivity contribution >= 4 is 5.97 Å². The van der Waals surface area contributed by atoms with Crippen molar-refractivity contribution in [3.63, 3.8) is 0 Å². The number of likely N-dealkylation sites (tertiary alicyclic amines) is 1. The number of rotatable bonds is 2. The van der Waals surface area contributed by atoms with Gasteiger partial charge in [-0.15, -0.1) is 0 Å². The molecule has 0 radical (unpaired) electrons. The maximum absolute atomic E-state index is 10.5. The summed E-state index contributed by atoms with van der Waals surface area (Å²) < 4.78 is 0. The summed E-state index contributed by atoms with van der Waals surface area (Å²) >= 11 is 0. The number of hydrogen-bond donors (Lipinski definition) is 2. The van der Waals surface area contributed by atoms with Crippen LogP contribution in [0.4, 0.5) is 0 Å². The number of carbonyl (C=O) groups is 1. The van der Waals surface area contributed by atoms with Crippen LogP contribution >= 0.6 is 0 Å². The number of nitrogens with two attached hydrogens (primary N) is 1. The molecule has 11 heavy (non-hydrogen) atoms. The molecule has 4 heteroatoms. The molecular formula is C7H14N2O2. The van der Waals surface area contributed by atoms with E-state index in [9.17, 15) is 4.79 Å². The normalized spacial score (nSPS) is 28.7. The Morgan fingerprint density at radius 3 is 2.82 bits per heavy atom. The first-order valence-corrected chi connectivity index (χ1v) is 3.83. The SMILES string of the molecule is CC(C(=O)O)N1CC[C@@H](N)C1. The fourth-order valence-electron chi connectivity index (χ4n) is 1.32. The Morgan fingerprint density at radius 2 is 2.45 bits per heavy atom. The van der Waals surface area contributed by atoms with Crippen LogP contribution in [0.5, 0.6) is 0 Å². The van der Waals surface area contributed by atoms with E-state index in [0.717, 1.165) is 13.0 Å². The van der Waals surface area contributed by atoms with Crippen molar-refractivity contribution in [2.24, 2.45) is 5.73 Å². The van der Waals surface area contributed by atoms with E-state index < -0.39 is 5.97 Å². The van der Waals surface area contributed by atoms with Crippen molar-refractivity contribution in [3.8, 4) is 0 Å². The van der Waals surface area contributed by atoms with Gasteiger partial charge in [-0.05, 0) is 13.3 Å². The lowest BCUT2D eigenvalue weighted by Crippen LogP contribution is -2.38. The third-order valence-corrected chi connectivity index (χ3v) is 2.16. The van der Waals surface area contributed by atoms with Gasteiger partial charge in [0.05, 0.1) is 0 Å². The lowest BCUT2D eigenvalue weighted by atomic mass is 10.3. The van der Waals surface area contributed by atoms with E-state index in [0.29, 0.717) is 6.54 Å². The largest absolute Gasteiger partial charge is 0.480 e. The van der Waals surface area contributed by atoms with Gasteiger partial charge in [0.1, 0.15) is 6.04 Å². The Morgan fingerprint density at radius 1 is 1.82 bits per heavy atom. The number of carboxylic acids is 1. The molecule has 2 atom stereocenters. The molecule has 1 rings (SSSR count). The van der Waals surface area contributed by atoms with Crippen LogP contribution in [-0.4, -0.2) is 41.1 Å². The third-order valence-electron chi connectivity index (χ3n) is 2.16. The van der Waals surface area contributed by atoms with E-state index in [2.05, 4.69) is 0 Å². The van der Waals surface area contributed by atoms with Crippen LogP contribution < -0.4 is 5.73 Å². The summed E-state index contributed by atoms with van der Waals surface area (Å²) in [7, 11) is 0. The summed E-state index contributed by atoms with van der Waals surface area (Å²) in [5.74, 6) is -0.765. The van der Waals surface area contributed by atoms with Crippen LogP contribution in [0.15, 0.2) is 0 Å². The van der Waals surface area contributed by atoms with Crippen LogP contribution in [-0.2, 0) is 4.79 Å². The molecule has 0 aromatic rings. The first-order valence-electron chi connectivity index (χ1n) is 3.83. The second kappa shape index (κ2) is 3.19. The van der Waals surface area contributed by atoms with Crippen molar-refractivity contribution in [1.29, 1.82) is 0 Å². The lowest BCUT2D eigenvalue weighted by molar-refractivity contribution is -0.142. The number of hydrogen-bond acceptors (Lipinski definition) is 3. The van der Waals surface area contributed by atoms with Crippen molar-refractivity contribution in [1.82, 2.24) is 4.90 Å². The number of aliphatic carboxylic acids is 1. The molecule has 1 aliphatic heterocycles. The maximum Gasteiger partial charge on any atom is 0.320 e. The van der Waals surface area contributed by atoms with Gasteiger partial charge >= 0.3 is 5.97 Å². The van der Waals surface area contributed by atoms with Crippen LogP contribution in [0, 0.1) is 0 Å². The van der Waals surface area contributed by atoms with E-state index in [1.165, 1.54) is 0 Å². The molecule has 0 bridgehead atoms. The lowest BCUT2D eigenvalue weighted by Gasteiger charge is -2.19. The Kier molecular flexibility index (Phi) is 2.46. The van der Waals surface area contributed by atoms with Gasteiger partial charge < -0.3 is 10.8 Å². The quantitative estimate of drug-likeness (QED) is 0.568.